The lowest BCUT2D eigenvalue weighted by atomic mass is 9.96. The first-order valence-corrected chi connectivity index (χ1v) is 10.4. The molecule has 0 radical (unpaired) electrons. The highest BCUT2D eigenvalue weighted by Crippen LogP contribution is 2.24. The summed E-state index contributed by atoms with van der Waals surface area (Å²) in [5.74, 6) is 0.180. The number of tetrazole rings is 1. The lowest BCUT2D eigenvalue weighted by Gasteiger charge is -2.32. The van der Waals surface area contributed by atoms with Crippen LogP contribution in [0.25, 0.3) is 22.3 Å². The normalized spacial score (nSPS) is 16.3. The number of piperidine rings is 1. The molecule has 1 aliphatic heterocycles. The van der Waals surface area contributed by atoms with E-state index in [9.17, 15) is 9.59 Å². The van der Waals surface area contributed by atoms with E-state index in [1.807, 2.05) is 36.4 Å². The topological polar surface area (TPSA) is 122 Å². The van der Waals surface area contributed by atoms with E-state index in [0.717, 1.165) is 29.3 Å². The van der Waals surface area contributed by atoms with Crippen molar-refractivity contribution in [2.24, 2.45) is 13.0 Å². The van der Waals surface area contributed by atoms with Gasteiger partial charge in [-0.2, -0.15) is 5.10 Å². The summed E-state index contributed by atoms with van der Waals surface area (Å²) in [6, 6.07) is 12.9. The quantitative estimate of drug-likeness (QED) is 0.512. The monoisotopic (exact) mass is 430 g/mol. The first-order valence-electron chi connectivity index (χ1n) is 10.4. The minimum atomic E-state index is -0.273. The number of aromatic nitrogens is 6. The number of nitrogens with one attached hydrogen (secondary N) is 2. The van der Waals surface area contributed by atoms with Crippen LogP contribution in [0.15, 0.2) is 48.7 Å². The minimum Gasteiger partial charge on any atom is -0.338 e. The predicted octanol–water partition coefficient (Wildman–Crippen LogP) is 2.24. The van der Waals surface area contributed by atoms with Gasteiger partial charge in [-0.15, -0.1) is 5.10 Å². The molecule has 1 saturated heterocycles. The smallest absolute Gasteiger partial charge is 0.253 e. The molecule has 0 bridgehead atoms. The molecule has 10 heteroatoms. The number of carbonyl (C=O) groups is 2. The molecule has 4 aromatic rings. The van der Waals surface area contributed by atoms with Gasteiger partial charge in [0.15, 0.2) is 5.82 Å². The largest absolute Gasteiger partial charge is 0.338 e. The molecule has 2 amide bonds. The Morgan fingerprint density at radius 3 is 2.94 bits per heavy atom. The van der Waals surface area contributed by atoms with Gasteiger partial charge in [0.05, 0.1) is 17.6 Å². The van der Waals surface area contributed by atoms with E-state index < -0.39 is 0 Å². The SMILES string of the molecule is Cn1nnnc1-c1cccc(NC(=O)C2CCCN(C(=O)c3ccc4[nH]ncc4c3)C2)c1. The van der Waals surface area contributed by atoms with E-state index in [1.165, 1.54) is 0 Å². The molecule has 10 nitrogen and oxygen atoms in total. The third kappa shape index (κ3) is 3.82. The average molecular weight is 430 g/mol. The molecule has 2 aromatic carbocycles. The van der Waals surface area contributed by atoms with Gasteiger partial charge in [-0.3, -0.25) is 14.7 Å². The molecule has 1 fully saturated rings. The highest BCUT2D eigenvalue weighted by molar-refractivity contribution is 5.99. The maximum absolute atomic E-state index is 13.0. The first kappa shape index (κ1) is 19.9. The maximum Gasteiger partial charge on any atom is 0.253 e. The number of hydrogen-bond donors (Lipinski definition) is 2. The Morgan fingerprint density at radius 2 is 2.09 bits per heavy atom. The highest BCUT2D eigenvalue weighted by Gasteiger charge is 2.29. The summed E-state index contributed by atoms with van der Waals surface area (Å²) in [5.41, 5.74) is 2.97. The van der Waals surface area contributed by atoms with E-state index in [1.54, 1.807) is 28.9 Å². The molecule has 2 aromatic heterocycles. The van der Waals surface area contributed by atoms with Crippen molar-refractivity contribution in [2.45, 2.75) is 12.8 Å². The van der Waals surface area contributed by atoms with Gasteiger partial charge in [-0.25, -0.2) is 4.68 Å². The maximum atomic E-state index is 13.0. The van der Waals surface area contributed by atoms with Crippen molar-refractivity contribution in [2.75, 3.05) is 18.4 Å². The fraction of sp³-hybridized carbons (Fsp3) is 0.273. The van der Waals surface area contributed by atoms with Crippen LogP contribution in [0.1, 0.15) is 23.2 Å². The number of rotatable bonds is 4. The van der Waals surface area contributed by atoms with Crippen molar-refractivity contribution >= 4 is 28.4 Å². The van der Waals surface area contributed by atoms with Crippen molar-refractivity contribution in [3.63, 3.8) is 0 Å². The molecule has 0 saturated carbocycles. The molecular formula is C22H22N8O2. The van der Waals surface area contributed by atoms with E-state index in [-0.39, 0.29) is 17.7 Å². The van der Waals surface area contributed by atoms with E-state index in [0.29, 0.717) is 30.2 Å². The van der Waals surface area contributed by atoms with Crippen LogP contribution >= 0.6 is 0 Å². The number of hydrogen-bond acceptors (Lipinski definition) is 6. The predicted molar refractivity (Wildman–Crippen MR) is 118 cm³/mol. The van der Waals surface area contributed by atoms with Crippen LogP contribution in [0.4, 0.5) is 5.69 Å². The molecule has 3 heterocycles. The zero-order valence-electron chi connectivity index (χ0n) is 17.5. The molecule has 2 N–H and O–H groups in total. The molecule has 0 aliphatic carbocycles. The minimum absolute atomic E-state index is 0.0672. The zero-order valence-corrected chi connectivity index (χ0v) is 17.5. The number of fused-ring (bicyclic) bond motifs is 1. The van der Waals surface area contributed by atoms with Gasteiger partial charge in [0.1, 0.15) is 0 Å². The molecule has 5 rings (SSSR count). The molecule has 162 valence electrons. The fourth-order valence-electron chi connectivity index (χ4n) is 4.09. The number of H-pyrrole nitrogens is 1. The molecular weight excluding hydrogens is 408 g/mol. The second kappa shape index (κ2) is 8.22. The molecule has 32 heavy (non-hydrogen) atoms. The van der Waals surface area contributed by atoms with Crippen LogP contribution in [0.3, 0.4) is 0 Å². The molecule has 1 unspecified atom stereocenters. The van der Waals surface area contributed by atoms with Gasteiger partial charge < -0.3 is 10.2 Å². The Labute approximate surface area is 183 Å². The fourth-order valence-corrected chi connectivity index (χ4v) is 4.09. The molecule has 1 aliphatic rings. The van der Waals surface area contributed by atoms with Gasteiger partial charge in [-0.05, 0) is 53.6 Å². The van der Waals surface area contributed by atoms with Crippen molar-refractivity contribution in [1.29, 1.82) is 0 Å². The number of carbonyl (C=O) groups excluding carboxylic acids is 2. The Balaban J connectivity index is 1.27. The number of amides is 2. The van der Waals surface area contributed by atoms with Crippen LogP contribution in [0.5, 0.6) is 0 Å². The Hall–Kier alpha value is -4.08. The summed E-state index contributed by atoms with van der Waals surface area (Å²) in [4.78, 5) is 27.8. The first-order chi connectivity index (χ1) is 15.6. The standard InChI is InChI=1S/C22H22N8O2/c1-29-20(26-27-28-29)14-4-2-6-18(11-14)24-21(31)16-5-3-9-30(13-16)22(32)15-7-8-19-17(10-15)12-23-25-19/h2,4,6-8,10-12,16H,3,5,9,13H2,1H3,(H,23,25)(H,24,31). The van der Waals surface area contributed by atoms with E-state index in [2.05, 4.69) is 31.0 Å². The molecule has 0 spiro atoms. The summed E-state index contributed by atoms with van der Waals surface area (Å²) in [5, 5.41) is 22.3. The second-order valence-electron chi connectivity index (χ2n) is 7.96. The Kier molecular flexibility index (Phi) is 5.10. The van der Waals surface area contributed by atoms with Gasteiger partial charge >= 0.3 is 0 Å². The van der Waals surface area contributed by atoms with Crippen LogP contribution in [0, 0.1) is 5.92 Å². The van der Waals surface area contributed by atoms with Crippen molar-refractivity contribution < 1.29 is 9.59 Å². The van der Waals surface area contributed by atoms with Crippen LogP contribution in [0.2, 0.25) is 0 Å². The number of benzene rings is 2. The van der Waals surface area contributed by atoms with Gasteiger partial charge in [0, 0.05) is 42.3 Å². The summed E-state index contributed by atoms with van der Waals surface area (Å²) < 4.78 is 1.58. The van der Waals surface area contributed by atoms with E-state index in [4.69, 9.17) is 0 Å². The second-order valence-corrected chi connectivity index (χ2v) is 7.96. The van der Waals surface area contributed by atoms with Crippen molar-refractivity contribution in [3.05, 3.63) is 54.2 Å². The number of nitrogens with zero attached hydrogens (tertiary/aromatic N) is 6. The summed E-state index contributed by atoms with van der Waals surface area (Å²) in [6.45, 7) is 1.03. The molecule has 1 atom stereocenters. The highest BCUT2D eigenvalue weighted by atomic mass is 16.2. The summed E-state index contributed by atoms with van der Waals surface area (Å²) in [7, 11) is 1.76. The van der Waals surface area contributed by atoms with Crippen LogP contribution in [-0.4, -0.2) is 60.2 Å². The Bertz CT molecular complexity index is 1290. The lowest BCUT2D eigenvalue weighted by Crippen LogP contribution is -2.43. The third-order valence-corrected chi connectivity index (χ3v) is 5.77. The van der Waals surface area contributed by atoms with Gasteiger partial charge in [0.2, 0.25) is 5.91 Å². The zero-order chi connectivity index (χ0) is 22.1. The lowest BCUT2D eigenvalue weighted by molar-refractivity contribution is -0.121. The number of anilines is 1. The number of aromatic amines is 1. The number of aryl methyl sites for hydroxylation is 1. The van der Waals surface area contributed by atoms with Gasteiger partial charge in [-0.1, -0.05) is 12.1 Å². The Morgan fingerprint density at radius 1 is 1.19 bits per heavy atom. The van der Waals surface area contributed by atoms with Crippen LogP contribution < -0.4 is 5.32 Å². The van der Waals surface area contributed by atoms with Crippen LogP contribution in [-0.2, 0) is 11.8 Å². The van der Waals surface area contributed by atoms with Crippen molar-refractivity contribution in [3.8, 4) is 11.4 Å². The third-order valence-electron chi connectivity index (χ3n) is 5.77. The summed E-state index contributed by atoms with van der Waals surface area (Å²) in [6.07, 6.45) is 3.22. The summed E-state index contributed by atoms with van der Waals surface area (Å²) >= 11 is 0. The average Bonchev–Trinajstić information content (AvgIpc) is 3.47. The van der Waals surface area contributed by atoms with E-state index >= 15 is 0 Å². The number of likely N-dealkylation sites (tertiary alicyclic amines) is 1. The van der Waals surface area contributed by atoms with Gasteiger partial charge in [0.25, 0.3) is 5.91 Å². The van der Waals surface area contributed by atoms with Crippen molar-refractivity contribution in [1.82, 2.24) is 35.3 Å².